The molecule has 0 radical (unpaired) electrons. The number of aryl methyl sites for hydroxylation is 2. The normalized spacial score (nSPS) is 12.5. The highest BCUT2D eigenvalue weighted by atomic mass is 79.9. The van der Waals surface area contributed by atoms with E-state index in [9.17, 15) is 0 Å². The third kappa shape index (κ3) is 2.74. The smallest absolute Gasteiger partial charge is 0.0850 e. The average molecular weight is 344 g/mol. The van der Waals surface area contributed by atoms with Crippen molar-refractivity contribution in [2.75, 3.05) is 0 Å². The molecule has 18 heavy (non-hydrogen) atoms. The van der Waals surface area contributed by atoms with Gasteiger partial charge in [0.1, 0.15) is 0 Å². The van der Waals surface area contributed by atoms with Crippen LogP contribution < -0.4 is 0 Å². The van der Waals surface area contributed by atoms with Crippen molar-refractivity contribution < 1.29 is 0 Å². The van der Waals surface area contributed by atoms with Crippen LogP contribution in [0.1, 0.15) is 27.6 Å². The van der Waals surface area contributed by atoms with Gasteiger partial charge in [-0.3, -0.25) is 0 Å². The first-order chi connectivity index (χ1) is 8.50. The summed E-state index contributed by atoms with van der Waals surface area (Å²) in [6.07, 6.45) is 0. The van der Waals surface area contributed by atoms with Gasteiger partial charge in [0.25, 0.3) is 0 Å². The summed E-state index contributed by atoms with van der Waals surface area (Å²) in [5.74, 6) is 0. The molecule has 0 saturated carbocycles. The van der Waals surface area contributed by atoms with Crippen LogP contribution in [0.4, 0.5) is 0 Å². The summed E-state index contributed by atoms with van der Waals surface area (Å²) in [5.41, 5.74) is 4.50. The van der Waals surface area contributed by atoms with Crippen molar-refractivity contribution >= 4 is 39.1 Å². The van der Waals surface area contributed by atoms with Gasteiger partial charge in [-0.2, -0.15) is 0 Å². The largest absolute Gasteiger partial charge is 0.113 e. The molecule has 0 aliphatic rings. The predicted molar refractivity (Wildman–Crippen MR) is 82.8 cm³/mol. The Morgan fingerprint density at radius 2 is 1.78 bits per heavy atom. The molecule has 0 heterocycles. The quantitative estimate of drug-likeness (QED) is 0.582. The van der Waals surface area contributed by atoms with E-state index in [0.29, 0.717) is 5.02 Å². The molecule has 0 spiro atoms. The minimum atomic E-state index is -0.228. The molecule has 94 valence electrons. The fourth-order valence-electron chi connectivity index (χ4n) is 1.82. The van der Waals surface area contributed by atoms with Crippen LogP contribution in [0.25, 0.3) is 0 Å². The molecule has 0 bridgehead atoms. The van der Waals surface area contributed by atoms with Crippen molar-refractivity contribution in [3.8, 4) is 0 Å². The molecule has 0 N–H and O–H groups in total. The summed E-state index contributed by atoms with van der Waals surface area (Å²) in [6, 6.07) is 12.1. The van der Waals surface area contributed by atoms with Gasteiger partial charge in [0, 0.05) is 4.47 Å². The first kappa shape index (κ1) is 13.9. The SMILES string of the molecule is Cc1ccc(C(Cl)c2cccc(Br)c2Cl)cc1C. The minimum absolute atomic E-state index is 0.228. The van der Waals surface area contributed by atoms with E-state index in [-0.39, 0.29) is 5.38 Å². The van der Waals surface area contributed by atoms with Crippen LogP contribution in [-0.4, -0.2) is 0 Å². The Hall–Kier alpha value is -0.500. The summed E-state index contributed by atoms with van der Waals surface area (Å²) in [4.78, 5) is 0. The Morgan fingerprint density at radius 1 is 1.06 bits per heavy atom. The highest BCUT2D eigenvalue weighted by Crippen LogP contribution is 2.37. The maximum atomic E-state index is 6.53. The van der Waals surface area contributed by atoms with Crippen molar-refractivity contribution in [2.45, 2.75) is 19.2 Å². The fourth-order valence-corrected chi connectivity index (χ4v) is 2.81. The lowest BCUT2D eigenvalue weighted by atomic mass is 10.00. The molecule has 2 aromatic rings. The number of alkyl halides is 1. The molecule has 1 atom stereocenters. The Balaban J connectivity index is 2.44. The van der Waals surface area contributed by atoms with E-state index < -0.39 is 0 Å². The molecule has 0 fully saturated rings. The standard InChI is InChI=1S/C15H13BrCl2/c1-9-6-7-11(8-10(9)2)14(17)12-4-3-5-13(16)15(12)18/h3-8,14H,1-2H3. The van der Waals surface area contributed by atoms with Gasteiger partial charge in [0.15, 0.2) is 0 Å². The van der Waals surface area contributed by atoms with E-state index >= 15 is 0 Å². The molecule has 3 heteroatoms. The van der Waals surface area contributed by atoms with Crippen molar-refractivity contribution in [2.24, 2.45) is 0 Å². The summed E-state index contributed by atoms with van der Waals surface area (Å²) < 4.78 is 0.871. The molecule has 2 aromatic carbocycles. The van der Waals surface area contributed by atoms with Crippen LogP contribution in [0, 0.1) is 13.8 Å². The lowest BCUT2D eigenvalue weighted by Crippen LogP contribution is -1.96. The van der Waals surface area contributed by atoms with Crippen LogP contribution in [-0.2, 0) is 0 Å². The zero-order chi connectivity index (χ0) is 13.3. The molecular weight excluding hydrogens is 331 g/mol. The van der Waals surface area contributed by atoms with Crippen molar-refractivity contribution in [1.29, 1.82) is 0 Å². The maximum absolute atomic E-state index is 6.53. The summed E-state index contributed by atoms with van der Waals surface area (Å²) in [5, 5.41) is 0.449. The van der Waals surface area contributed by atoms with Crippen molar-refractivity contribution in [3.05, 3.63) is 68.1 Å². The van der Waals surface area contributed by atoms with Gasteiger partial charge in [-0.15, -0.1) is 11.6 Å². The second-order valence-corrected chi connectivity index (χ2v) is 6.02. The van der Waals surface area contributed by atoms with Gasteiger partial charge in [-0.25, -0.2) is 0 Å². The lowest BCUT2D eigenvalue weighted by Gasteiger charge is -2.14. The van der Waals surface area contributed by atoms with Crippen LogP contribution in [0.2, 0.25) is 5.02 Å². The van der Waals surface area contributed by atoms with E-state index in [2.05, 4.69) is 48.0 Å². The third-order valence-electron chi connectivity index (χ3n) is 3.08. The Labute approximate surface area is 126 Å². The number of hydrogen-bond acceptors (Lipinski definition) is 0. The third-order valence-corrected chi connectivity index (χ3v) is 4.88. The van der Waals surface area contributed by atoms with E-state index in [1.54, 1.807) is 0 Å². The number of rotatable bonds is 2. The zero-order valence-corrected chi connectivity index (χ0v) is 13.3. The topological polar surface area (TPSA) is 0 Å². The molecule has 2 rings (SSSR count). The van der Waals surface area contributed by atoms with Gasteiger partial charge < -0.3 is 0 Å². The average Bonchev–Trinajstić information content (AvgIpc) is 2.35. The highest BCUT2D eigenvalue weighted by Gasteiger charge is 2.16. The van der Waals surface area contributed by atoms with Gasteiger partial charge in [-0.05, 0) is 58.1 Å². The molecule has 0 amide bonds. The highest BCUT2D eigenvalue weighted by molar-refractivity contribution is 9.10. The first-order valence-electron chi connectivity index (χ1n) is 5.66. The number of benzene rings is 2. The monoisotopic (exact) mass is 342 g/mol. The summed E-state index contributed by atoms with van der Waals surface area (Å²) in [6.45, 7) is 4.18. The lowest BCUT2D eigenvalue weighted by molar-refractivity contribution is 1.12. The molecule has 1 unspecified atom stereocenters. The van der Waals surface area contributed by atoms with Gasteiger partial charge in [0.05, 0.1) is 10.4 Å². The van der Waals surface area contributed by atoms with Crippen LogP contribution in [0.5, 0.6) is 0 Å². The van der Waals surface area contributed by atoms with E-state index in [1.807, 2.05) is 18.2 Å². The Kier molecular flexibility index (Phi) is 4.37. The molecule has 0 nitrogen and oxygen atoms in total. The second kappa shape index (κ2) is 5.64. The first-order valence-corrected chi connectivity index (χ1v) is 7.26. The fraction of sp³-hybridized carbons (Fsp3) is 0.200. The molecule has 0 aliphatic carbocycles. The maximum Gasteiger partial charge on any atom is 0.0850 e. The van der Waals surface area contributed by atoms with E-state index in [0.717, 1.165) is 15.6 Å². The predicted octanol–water partition coefficient (Wildman–Crippen LogP) is 6.05. The molecule has 0 saturated heterocycles. The zero-order valence-electron chi connectivity index (χ0n) is 10.2. The molecule has 0 aliphatic heterocycles. The van der Waals surface area contributed by atoms with Crippen LogP contribution in [0.15, 0.2) is 40.9 Å². The summed E-state index contributed by atoms with van der Waals surface area (Å²) >= 11 is 16.2. The van der Waals surface area contributed by atoms with E-state index in [4.69, 9.17) is 23.2 Å². The molecule has 0 aromatic heterocycles. The van der Waals surface area contributed by atoms with Gasteiger partial charge in [0.2, 0.25) is 0 Å². The summed E-state index contributed by atoms with van der Waals surface area (Å²) in [7, 11) is 0. The number of halogens is 3. The van der Waals surface area contributed by atoms with Gasteiger partial charge in [-0.1, -0.05) is 41.9 Å². The van der Waals surface area contributed by atoms with Crippen LogP contribution >= 0.6 is 39.1 Å². The Bertz CT molecular complexity index is 579. The second-order valence-electron chi connectivity index (χ2n) is 4.35. The van der Waals surface area contributed by atoms with Gasteiger partial charge >= 0.3 is 0 Å². The number of hydrogen-bond donors (Lipinski definition) is 0. The molecular formula is C15H13BrCl2. The van der Waals surface area contributed by atoms with E-state index in [1.165, 1.54) is 11.1 Å². The minimum Gasteiger partial charge on any atom is -0.113 e. The Morgan fingerprint density at radius 3 is 2.44 bits per heavy atom. The van der Waals surface area contributed by atoms with Crippen molar-refractivity contribution in [3.63, 3.8) is 0 Å². The van der Waals surface area contributed by atoms with Crippen molar-refractivity contribution in [1.82, 2.24) is 0 Å². The van der Waals surface area contributed by atoms with Crippen LogP contribution in [0.3, 0.4) is 0 Å².